The van der Waals surface area contributed by atoms with Gasteiger partial charge in [0.1, 0.15) is 0 Å². The Bertz CT molecular complexity index is 933. The van der Waals surface area contributed by atoms with Crippen LogP contribution in [0.1, 0.15) is 40.7 Å². The van der Waals surface area contributed by atoms with Gasteiger partial charge in [0.15, 0.2) is 10.0 Å². The number of hydrogen-bond acceptors (Lipinski definition) is 7. The van der Waals surface area contributed by atoms with Crippen molar-refractivity contribution >= 4 is 34.1 Å². The molecule has 0 aliphatic heterocycles. The van der Waals surface area contributed by atoms with Crippen LogP contribution >= 0.6 is 23.1 Å². The highest BCUT2D eigenvalue weighted by Crippen LogP contribution is 2.26. The van der Waals surface area contributed by atoms with Crippen LogP contribution in [-0.4, -0.2) is 36.9 Å². The van der Waals surface area contributed by atoms with E-state index in [0.29, 0.717) is 10.8 Å². The molecule has 1 amide bonds. The summed E-state index contributed by atoms with van der Waals surface area (Å²) in [5, 5.41) is 19.5. The SMILES string of the molecule is CCCSc1nnc(NC(=O)c2nnn(-c3ccc(C)c(C)c3)c2C)s1. The van der Waals surface area contributed by atoms with E-state index in [2.05, 4.69) is 39.7 Å². The molecule has 0 unspecified atom stereocenters. The average Bonchev–Trinajstić information content (AvgIpc) is 3.22. The summed E-state index contributed by atoms with van der Waals surface area (Å²) in [5.41, 5.74) is 4.20. The molecule has 3 rings (SSSR count). The molecule has 7 nitrogen and oxygen atoms in total. The zero-order chi connectivity index (χ0) is 18.7. The van der Waals surface area contributed by atoms with Crippen LogP contribution in [0, 0.1) is 20.8 Å². The van der Waals surface area contributed by atoms with Gasteiger partial charge in [-0.1, -0.05) is 41.3 Å². The predicted octanol–water partition coefficient (Wildman–Crippen LogP) is 3.80. The van der Waals surface area contributed by atoms with E-state index in [1.807, 2.05) is 32.0 Å². The smallest absolute Gasteiger partial charge is 0.279 e. The van der Waals surface area contributed by atoms with Gasteiger partial charge in [-0.25, -0.2) is 4.68 Å². The summed E-state index contributed by atoms with van der Waals surface area (Å²) in [7, 11) is 0. The molecule has 0 radical (unpaired) electrons. The molecule has 1 aromatic carbocycles. The number of nitrogens with zero attached hydrogens (tertiary/aromatic N) is 5. The van der Waals surface area contributed by atoms with Crippen LogP contribution < -0.4 is 5.32 Å². The van der Waals surface area contributed by atoms with Gasteiger partial charge in [0.2, 0.25) is 5.13 Å². The minimum absolute atomic E-state index is 0.279. The Morgan fingerprint density at radius 2 is 2.00 bits per heavy atom. The lowest BCUT2D eigenvalue weighted by atomic mass is 10.1. The van der Waals surface area contributed by atoms with Crippen LogP contribution in [0.15, 0.2) is 22.5 Å². The van der Waals surface area contributed by atoms with Crippen molar-refractivity contribution < 1.29 is 4.79 Å². The number of hydrogen-bond donors (Lipinski definition) is 1. The van der Waals surface area contributed by atoms with Gasteiger partial charge in [-0.3, -0.25) is 10.1 Å². The van der Waals surface area contributed by atoms with Gasteiger partial charge >= 0.3 is 0 Å². The fraction of sp³-hybridized carbons (Fsp3) is 0.353. The number of thioether (sulfide) groups is 1. The lowest BCUT2D eigenvalue weighted by Crippen LogP contribution is -2.14. The number of benzene rings is 1. The molecule has 2 heterocycles. The number of rotatable bonds is 6. The van der Waals surface area contributed by atoms with E-state index in [1.54, 1.807) is 16.4 Å². The van der Waals surface area contributed by atoms with Gasteiger partial charge in [-0.05, 0) is 50.5 Å². The second kappa shape index (κ2) is 7.96. The molecule has 136 valence electrons. The normalized spacial score (nSPS) is 10.9. The maximum absolute atomic E-state index is 12.5. The Hall–Kier alpha value is -2.26. The number of nitrogens with one attached hydrogen (secondary N) is 1. The first kappa shape index (κ1) is 18.5. The van der Waals surface area contributed by atoms with Crippen molar-refractivity contribution in [1.82, 2.24) is 25.2 Å². The molecule has 0 saturated heterocycles. The third-order valence-corrected chi connectivity index (χ3v) is 6.08. The van der Waals surface area contributed by atoms with Gasteiger partial charge in [0, 0.05) is 5.75 Å². The molecule has 3 aromatic rings. The van der Waals surface area contributed by atoms with Crippen LogP contribution in [0.25, 0.3) is 5.69 Å². The van der Waals surface area contributed by atoms with Crippen molar-refractivity contribution in [1.29, 1.82) is 0 Å². The Labute approximate surface area is 160 Å². The number of amides is 1. The third kappa shape index (κ3) is 3.94. The van der Waals surface area contributed by atoms with Gasteiger partial charge in [-0.15, -0.1) is 15.3 Å². The van der Waals surface area contributed by atoms with Crippen molar-refractivity contribution in [3.8, 4) is 5.69 Å². The van der Waals surface area contributed by atoms with E-state index in [0.717, 1.165) is 27.8 Å². The number of aromatic nitrogens is 5. The Balaban J connectivity index is 1.77. The fourth-order valence-corrected chi connectivity index (χ4v) is 3.98. The van der Waals surface area contributed by atoms with E-state index in [1.165, 1.54) is 16.9 Å². The maximum Gasteiger partial charge on any atom is 0.279 e. The predicted molar refractivity (Wildman–Crippen MR) is 104 cm³/mol. The molecular formula is C17H20N6OS2. The van der Waals surface area contributed by atoms with Gasteiger partial charge in [-0.2, -0.15) is 0 Å². The summed E-state index contributed by atoms with van der Waals surface area (Å²) < 4.78 is 2.52. The maximum atomic E-state index is 12.5. The first-order valence-electron chi connectivity index (χ1n) is 8.27. The molecule has 2 aromatic heterocycles. The van der Waals surface area contributed by atoms with Crippen molar-refractivity contribution in [2.24, 2.45) is 0 Å². The molecule has 0 aliphatic carbocycles. The summed E-state index contributed by atoms with van der Waals surface area (Å²) in [5.74, 6) is 0.646. The van der Waals surface area contributed by atoms with Crippen molar-refractivity contribution in [2.45, 2.75) is 38.5 Å². The lowest BCUT2D eigenvalue weighted by Gasteiger charge is -2.06. The molecule has 26 heavy (non-hydrogen) atoms. The third-order valence-electron chi connectivity index (χ3n) is 3.90. The number of carbonyl (C=O) groups excluding carboxylic acids is 1. The first-order valence-corrected chi connectivity index (χ1v) is 10.1. The number of aryl methyl sites for hydroxylation is 2. The van der Waals surface area contributed by atoms with Crippen molar-refractivity contribution in [3.05, 3.63) is 40.7 Å². The topological polar surface area (TPSA) is 85.6 Å². The van der Waals surface area contributed by atoms with Crippen LogP contribution in [0.5, 0.6) is 0 Å². The van der Waals surface area contributed by atoms with Gasteiger partial charge in [0.05, 0.1) is 11.4 Å². The van der Waals surface area contributed by atoms with E-state index in [9.17, 15) is 4.79 Å². The summed E-state index contributed by atoms with van der Waals surface area (Å²) in [6, 6.07) is 6.02. The van der Waals surface area contributed by atoms with Gasteiger partial charge < -0.3 is 0 Å². The van der Waals surface area contributed by atoms with Crippen molar-refractivity contribution in [2.75, 3.05) is 11.1 Å². The highest BCUT2D eigenvalue weighted by molar-refractivity contribution is 8.01. The van der Waals surface area contributed by atoms with Crippen LogP contribution in [-0.2, 0) is 0 Å². The summed E-state index contributed by atoms with van der Waals surface area (Å²) in [4.78, 5) is 12.5. The summed E-state index contributed by atoms with van der Waals surface area (Å²) in [6.07, 6.45) is 1.06. The minimum atomic E-state index is -0.333. The largest absolute Gasteiger partial charge is 0.295 e. The molecule has 1 N–H and O–H groups in total. The lowest BCUT2D eigenvalue weighted by molar-refractivity contribution is 0.102. The summed E-state index contributed by atoms with van der Waals surface area (Å²) >= 11 is 2.99. The van der Waals surface area contributed by atoms with E-state index >= 15 is 0 Å². The molecule has 0 spiro atoms. The highest BCUT2D eigenvalue weighted by atomic mass is 32.2. The Kier molecular flexibility index (Phi) is 5.67. The quantitative estimate of drug-likeness (QED) is 0.511. The number of anilines is 1. The van der Waals surface area contributed by atoms with Gasteiger partial charge in [0.25, 0.3) is 5.91 Å². The average molecular weight is 389 g/mol. The van der Waals surface area contributed by atoms with E-state index in [4.69, 9.17) is 0 Å². The van der Waals surface area contributed by atoms with Crippen molar-refractivity contribution in [3.63, 3.8) is 0 Å². The Morgan fingerprint density at radius 1 is 1.19 bits per heavy atom. The molecule has 0 bridgehead atoms. The standard InChI is InChI=1S/C17H20N6OS2/c1-5-8-25-17-21-20-16(26-17)18-15(24)14-12(4)23(22-19-14)13-7-6-10(2)11(3)9-13/h6-7,9H,5,8H2,1-4H3,(H,18,20,24). The molecule has 0 saturated carbocycles. The molecule has 0 aliphatic rings. The highest BCUT2D eigenvalue weighted by Gasteiger charge is 2.19. The first-order chi connectivity index (χ1) is 12.5. The number of carbonyl (C=O) groups is 1. The second-order valence-corrected chi connectivity index (χ2v) is 8.20. The molecule has 0 fully saturated rings. The minimum Gasteiger partial charge on any atom is -0.295 e. The zero-order valence-electron chi connectivity index (χ0n) is 15.1. The van der Waals surface area contributed by atoms with Crippen LogP contribution in [0.2, 0.25) is 0 Å². The molecule has 0 atom stereocenters. The molecule has 9 heteroatoms. The van der Waals surface area contributed by atoms with Crippen LogP contribution in [0.3, 0.4) is 0 Å². The zero-order valence-corrected chi connectivity index (χ0v) is 16.7. The van der Waals surface area contributed by atoms with E-state index in [-0.39, 0.29) is 11.6 Å². The second-order valence-electron chi connectivity index (χ2n) is 5.88. The fourth-order valence-electron chi connectivity index (χ4n) is 2.31. The molecular weight excluding hydrogens is 368 g/mol. The van der Waals surface area contributed by atoms with E-state index < -0.39 is 0 Å². The monoisotopic (exact) mass is 388 g/mol. The van der Waals surface area contributed by atoms with Crippen LogP contribution in [0.4, 0.5) is 5.13 Å². The summed E-state index contributed by atoms with van der Waals surface area (Å²) in [6.45, 7) is 8.04. The Morgan fingerprint density at radius 3 is 2.73 bits per heavy atom.